The van der Waals surface area contributed by atoms with Crippen molar-refractivity contribution >= 4 is 5.84 Å². The van der Waals surface area contributed by atoms with Crippen LogP contribution < -0.4 is 0 Å². The van der Waals surface area contributed by atoms with Crippen molar-refractivity contribution in [3.8, 4) is 0 Å². The van der Waals surface area contributed by atoms with Crippen LogP contribution in [-0.4, -0.2) is 56.9 Å². The summed E-state index contributed by atoms with van der Waals surface area (Å²) in [5.41, 5.74) is 0. The molecular weight excluding hydrogens is 174 g/mol. The number of hydrogen-bond acceptors (Lipinski definition) is 2. The summed E-state index contributed by atoms with van der Waals surface area (Å²) in [6, 6.07) is 0. The monoisotopic (exact) mass is 195 g/mol. The second-order valence-electron chi connectivity index (χ2n) is 3.40. The van der Waals surface area contributed by atoms with Crippen LogP contribution in [0.1, 0.15) is 0 Å². The third-order valence-corrected chi connectivity index (χ3v) is 1.88. The Bertz CT molecular complexity index is 217. The Labute approximate surface area is 87.4 Å². The Hall–Kier alpha value is -1.09. The lowest BCUT2D eigenvalue weighted by atomic mass is 10.4. The molecule has 14 heavy (non-hydrogen) atoms. The predicted octanol–water partition coefficient (Wildman–Crippen LogP) is 1.25. The first-order valence-electron chi connectivity index (χ1n) is 4.73. The molecule has 0 aromatic heterocycles. The van der Waals surface area contributed by atoms with E-state index in [1.165, 1.54) is 0 Å². The Balaban J connectivity index is 4.12. The predicted molar refractivity (Wildman–Crippen MR) is 63.9 cm³/mol. The minimum absolute atomic E-state index is 0.973. The summed E-state index contributed by atoms with van der Waals surface area (Å²) in [4.78, 5) is 8.47. The summed E-state index contributed by atoms with van der Waals surface area (Å²) in [6.45, 7) is 5.63. The lowest BCUT2D eigenvalue weighted by molar-refractivity contribution is 0.357. The van der Waals surface area contributed by atoms with E-state index in [1.54, 1.807) is 13.1 Å². The average molecular weight is 195 g/mol. The smallest absolute Gasteiger partial charge is 0.122 e. The molecule has 0 unspecified atom stereocenters. The van der Waals surface area contributed by atoms with E-state index in [2.05, 4.69) is 35.5 Å². The fraction of sp³-hybridized carbons (Fsp3) is 0.545. The lowest BCUT2D eigenvalue weighted by Crippen LogP contribution is -2.32. The Morgan fingerprint density at radius 3 is 2.36 bits per heavy atom. The van der Waals surface area contributed by atoms with Crippen LogP contribution in [0.5, 0.6) is 0 Å². The fourth-order valence-corrected chi connectivity index (χ4v) is 0.991. The van der Waals surface area contributed by atoms with Gasteiger partial charge in [-0.1, -0.05) is 18.7 Å². The summed E-state index contributed by atoms with van der Waals surface area (Å²) < 4.78 is 0. The number of amidine groups is 1. The van der Waals surface area contributed by atoms with E-state index in [-0.39, 0.29) is 0 Å². The van der Waals surface area contributed by atoms with Crippen molar-refractivity contribution in [3.63, 3.8) is 0 Å². The average Bonchev–Trinajstić information content (AvgIpc) is 2.16. The maximum absolute atomic E-state index is 4.19. The van der Waals surface area contributed by atoms with Gasteiger partial charge in [-0.05, 0) is 20.2 Å². The zero-order chi connectivity index (χ0) is 11.0. The van der Waals surface area contributed by atoms with Gasteiger partial charge in [-0.3, -0.25) is 4.99 Å². The van der Waals surface area contributed by atoms with Crippen molar-refractivity contribution in [2.24, 2.45) is 4.99 Å². The van der Waals surface area contributed by atoms with E-state index in [9.17, 15) is 0 Å². The van der Waals surface area contributed by atoms with E-state index < -0.39 is 0 Å². The van der Waals surface area contributed by atoms with Gasteiger partial charge in [0.2, 0.25) is 0 Å². The van der Waals surface area contributed by atoms with Gasteiger partial charge in [0.15, 0.2) is 0 Å². The molecule has 0 saturated carbocycles. The number of likely N-dealkylation sites (N-methyl/N-ethyl adjacent to an activating group) is 2. The topological polar surface area (TPSA) is 18.8 Å². The summed E-state index contributed by atoms with van der Waals surface area (Å²) in [5, 5.41) is 0. The summed E-state index contributed by atoms with van der Waals surface area (Å²) in [5.74, 6) is 0.978. The van der Waals surface area contributed by atoms with Crippen LogP contribution in [0.25, 0.3) is 0 Å². The van der Waals surface area contributed by atoms with Gasteiger partial charge in [0.25, 0.3) is 0 Å². The van der Waals surface area contributed by atoms with E-state index in [0.29, 0.717) is 0 Å². The molecule has 0 amide bonds. The minimum atomic E-state index is 0.973. The second kappa shape index (κ2) is 7.33. The number of aliphatic imine (C=N–C) groups is 1. The normalized spacial score (nSPS) is 12.5. The molecule has 3 nitrogen and oxygen atoms in total. The van der Waals surface area contributed by atoms with Crippen molar-refractivity contribution in [2.75, 3.05) is 41.3 Å². The third-order valence-electron chi connectivity index (χ3n) is 1.88. The summed E-state index contributed by atoms with van der Waals surface area (Å²) in [7, 11) is 7.97. The van der Waals surface area contributed by atoms with Crippen LogP contribution in [0.2, 0.25) is 0 Å². The first kappa shape index (κ1) is 12.9. The molecule has 0 aliphatic carbocycles. The highest BCUT2D eigenvalue weighted by molar-refractivity contribution is 5.92. The lowest BCUT2D eigenvalue weighted by Gasteiger charge is -2.20. The fourth-order valence-electron chi connectivity index (χ4n) is 0.991. The van der Waals surface area contributed by atoms with E-state index in [4.69, 9.17) is 0 Å². The molecule has 0 radical (unpaired) electrons. The molecule has 0 aromatic rings. The molecule has 0 rings (SSSR count). The largest absolute Gasteiger partial charge is 0.359 e. The van der Waals surface area contributed by atoms with Gasteiger partial charge in [0, 0.05) is 27.2 Å². The molecule has 0 aromatic carbocycles. The summed E-state index contributed by atoms with van der Waals surface area (Å²) in [6.07, 6.45) is 5.61. The molecule has 0 spiro atoms. The standard InChI is InChI=1S/C11H21N3/c1-6-7-8-11(12-2)14(5)10-9-13(3)4/h6-8H,1,9-10H2,2-5H3/b8-7-,12-11?. The van der Waals surface area contributed by atoms with Gasteiger partial charge in [-0.15, -0.1) is 0 Å². The zero-order valence-corrected chi connectivity index (χ0v) is 9.70. The zero-order valence-electron chi connectivity index (χ0n) is 9.70. The molecule has 0 bridgehead atoms. The first-order valence-corrected chi connectivity index (χ1v) is 4.73. The molecule has 0 aliphatic rings. The SMILES string of the molecule is C=C/C=C\C(=NC)N(C)CCN(C)C. The van der Waals surface area contributed by atoms with Crippen molar-refractivity contribution in [2.45, 2.75) is 0 Å². The van der Waals surface area contributed by atoms with Crippen LogP contribution in [0, 0.1) is 0 Å². The Morgan fingerprint density at radius 1 is 1.29 bits per heavy atom. The molecule has 0 saturated heterocycles. The van der Waals surface area contributed by atoms with Crippen molar-refractivity contribution < 1.29 is 0 Å². The number of allylic oxidation sites excluding steroid dienone is 2. The minimum Gasteiger partial charge on any atom is -0.359 e. The number of hydrogen-bond donors (Lipinski definition) is 0. The van der Waals surface area contributed by atoms with Crippen molar-refractivity contribution in [3.05, 3.63) is 24.8 Å². The highest BCUT2D eigenvalue weighted by atomic mass is 15.2. The van der Waals surface area contributed by atoms with Gasteiger partial charge >= 0.3 is 0 Å². The van der Waals surface area contributed by atoms with E-state index in [0.717, 1.165) is 18.9 Å². The first-order chi connectivity index (χ1) is 6.61. The van der Waals surface area contributed by atoms with Crippen molar-refractivity contribution in [1.82, 2.24) is 9.80 Å². The van der Waals surface area contributed by atoms with Gasteiger partial charge in [-0.25, -0.2) is 0 Å². The van der Waals surface area contributed by atoms with Crippen LogP contribution in [-0.2, 0) is 0 Å². The third kappa shape index (κ3) is 5.54. The quantitative estimate of drug-likeness (QED) is 0.373. The number of nitrogens with zero attached hydrogens (tertiary/aromatic N) is 3. The van der Waals surface area contributed by atoms with Gasteiger partial charge in [-0.2, -0.15) is 0 Å². The maximum Gasteiger partial charge on any atom is 0.122 e. The van der Waals surface area contributed by atoms with E-state index >= 15 is 0 Å². The molecule has 0 heterocycles. The highest BCUT2D eigenvalue weighted by Crippen LogP contribution is 1.91. The molecule has 0 N–H and O–H groups in total. The molecule has 0 atom stereocenters. The molecule has 0 aliphatic heterocycles. The van der Waals surface area contributed by atoms with Crippen LogP contribution in [0.3, 0.4) is 0 Å². The maximum atomic E-state index is 4.19. The summed E-state index contributed by atoms with van der Waals surface area (Å²) >= 11 is 0. The van der Waals surface area contributed by atoms with Crippen LogP contribution >= 0.6 is 0 Å². The second-order valence-corrected chi connectivity index (χ2v) is 3.40. The highest BCUT2D eigenvalue weighted by Gasteiger charge is 2.01. The van der Waals surface area contributed by atoms with E-state index in [1.807, 2.05) is 19.2 Å². The molecule has 80 valence electrons. The Morgan fingerprint density at radius 2 is 1.93 bits per heavy atom. The molecule has 3 heteroatoms. The van der Waals surface area contributed by atoms with Gasteiger partial charge in [0.05, 0.1) is 0 Å². The molecule has 0 fully saturated rings. The van der Waals surface area contributed by atoms with Crippen LogP contribution in [0.15, 0.2) is 29.8 Å². The van der Waals surface area contributed by atoms with Crippen LogP contribution in [0.4, 0.5) is 0 Å². The van der Waals surface area contributed by atoms with Gasteiger partial charge in [0.1, 0.15) is 5.84 Å². The van der Waals surface area contributed by atoms with Gasteiger partial charge < -0.3 is 9.80 Å². The van der Waals surface area contributed by atoms with Crippen molar-refractivity contribution in [1.29, 1.82) is 0 Å². The number of rotatable bonds is 5. The Kier molecular flexibility index (Phi) is 6.76. The molecular formula is C11H21N3.